The number of aliphatic hydroxyl groups excluding tert-OH is 1. The van der Waals surface area contributed by atoms with Gasteiger partial charge >= 0.3 is 0 Å². The summed E-state index contributed by atoms with van der Waals surface area (Å²) in [7, 11) is 0. The molecule has 5 heteroatoms. The Balaban J connectivity index is 1.96. The summed E-state index contributed by atoms with van der Waals surface area (Å²) in [5.41, 5.74) is 0.126. The second kappa shape index (κ2) is 4.47. The molecule has 1 fully saturated rings. The van der Waals surface area contributed by atoms with E-state index >= 15 is 0 Å². The quantitative estimate of drug-likeness (QED) is 0.781. The molecule has 90 valence electrons. The van der Waals surface area contributed by atoms with Gasteiger partial charge in [-0.15, -0.1) is 0 Å². The molecule has 4 nitrogen and oxygen atoms in total. The number of anilines is 1. The number of hydrogen-bond acceptors (Lipinski definition) is 4. The first kappa shape index (κ1) is 12.1. The molecule has 1 unspecified atom stereocenters. The van der Waals surface area contributed by atoms with Crippen LogP contribution in [0.15, 0.2) is 6.20 Å². The molecule has 1 atom stereocenters. The van der Waals surface area contributed by atoms with Gasteiger partial charge in [0.15, 0.2) is 5.13 Å². The summed E-state index contributed by atoms with van der Waals surface area (Å²) in [6, 6.07) is 0. The molecule has 1 aromatic heterocycles. The van der Waals surface area contributed by atoms with Crippen LogP contribution in [0, 0.1) is 23.2 Å². The molecule has 1 aromatic rings. The minimum absolute atomic E-state index is 0.0333. The van der Waals surface area contributed by atoms with Gasteiger partial charge in [-0.1, -0.05) is 37.0 Å². The Hall–Kier alpha value is -1.38. The minimum Gasteiger partial charge on any atom is -0.384 e. The van der Waals surface area contributed by atoms with Crippen LogP contribution in [0.5, 0.6) is 0 Å². The highest BCUT2D eigenvalue weighted by molar-refractivity contribution is 7.16. The van der Waals surface area contributed by atoms with Crippen LogP contribution in [0.2, 0.25) is 0 Å². The number of nitrogens with one attached hydrogen (secondary N) is 1. The van der Waals surface area contributed by atoms with Gasteiger partial charge in [0.2, 0.25) is 5.91 Å². The first-order chi connectivity index (χ1) is 8.03. The van der Waals surface area contributed by atoms with Crippen molar-refractivity contribution in [3.05, 3.63) is 11.1 Å². The normalized spacial score (nSPS) is 20.3. The van der Waals surface area contributed by atoms with Crippen LogP contribution in [-0.2, 0) is 4.79 Å². The number of aliphatic hydroxyl groups is 1. The van der Waals surface area contributed by atoms with Crippen molar-refractivity contribution in [2.24, 2.45) is 11.3 Å². The van der Waals surface area contributed by atoms with Crippen LogP contribution < -0.4 is 5.32 Å². The first-order valence-electron chi connectivity index (χ1n) is 5.39. The highest BCUT2D eigenvalue weighted by Crippen LogP contribution is 2.52. The molecule has 1 aliphatic rings. The zero-order valence-electron chi connectivity index (χ0n) is 9.78. The third-order valence-corrected chi connectivity index (χ3v) is 3.68. The third-order valence-electron chi connectivity index (χ3n) is 2.86. The summed E-state index contributed by atoms with van der Waals surface area (Å²) < 4.78 is 0. The molecular formula is C12H14N2O2S. The first-order valence-corrected chi connectivity index (χ1v) is 6.21. The summed E-state index contributed by atoms with van der Waals surface area (Å²) in [5.74, 6) is 5.43. The van der Waals surface area contributed by atoms with Crippen LogP contribution in [0.3, 0.4) is 0 Å². The second-order valence-corrected chi connectivity index (χ2v) is 5.75. The smallest absolute Gasteiger partial charge is 0.229 e. The van der Waals surface area contributed by atoms with Crippen molar-refractivity contribution in [3.8, 4) is 11.8 Å². The van der Waals surface area contributed by atoms with Gasteiger partial charge in [-0.3, -0.25) is 4.79 Å². The number of aromatic nitrogens is 1. The fourth-order valence-corrected chi connectivity index (χ4v) is 2.32. The van der Waals surface area contributed by atoms with Crippen molar-refractivity contribution in [3.63, 3.8) is 0 Å². The van der Waals surface area contributed by atoms with Crippen molar-refractivity contribution in [2.75, 3.05) is 11.9 Å². The molecule has 0 spiro atoms. The van der Waals surface area contributed by atoms with Crippen LogP contribution in [0.1, 0.15) is 25.1 Å². The molecule has 1 heterocycles. The fraction of sp³-hybridized carbons (Fsp3) is 0.500. The SMILES string of the molecule is CC1(C)CC1C(=O)Nc1ncc(C#CCO)s1. The van der Waals surface area contributed by atoms with Gasteiger partial charge in [-0.05, 0) is 11.8 Å². The second-order valence-electron chi connectivity index (χ2n) is 4.72. The van der Waals surface area contributed by atoms with E-state index in [1.807, 2.05) is 0 Å². The van der Waals surface area contributed by atoms with Gasteiger partial charge in [-0.25, -0.2) is 4.98 Å². The van der Waals surface area contributed by atoms with E-state index < -0.39 is 0 Å². The lowest BCUT2D eigenvalue weighted by Gasteiger charge is -2.02. The monoisotopic (exact) mass is 250 g/mol. The average Bonchev–Trinajstić information content (AvgIpc) is 2.72. The zero-order valence-corrected chi connectivity index (χ0v) is 10.6. The number of hydrogen-bond donors (Lipinski definition) is 2. The molecule has 2 N–H and O–H groups in total. The third kappa shape index (κ3) is 2.84. The average molecular weight is 250 g/mol. The van der Waals surface area contributed by atoms with Gasteiger partial charge in [0.05, 0.1) is 11.1 Å². The van der Waals surface area contributed by atoms with Gasteiger partial charge in [0.1, 0.15) is 6.61 Å². The van der Waals surface area contributed by atoms with Crippen molar-refractivity contribution in [2.45, 2.75) is 20.3 Å². The largest absolute Gasteiger partial charge is 0.384 e. The number of amides is 1. The predicted octanol–water partition coefficient (Wildman–Crippen LogP) is 1.47. The zero-order chi connectivity index (χ0) is 12.5. The summed E-state index contributed by atoms with van der Waals surface area (Å²) >= 11 is 1.32. The maximum absolute atomic E-state index is 11.8. The molecule has 1 amide bonds. The molecule has 0 aliphatic heterocycles. The van der Waals surface area contributed by atoms with Crippen LogP contribution in [-0.4, -0.2) is 22.6 Å². The predicted molar refractivity (Wildman–Crippen MR) is 66.6 cm³/mol. The number of thiazole rings is 1. The Morgan fingerprint density at radius 2 is 2.47 bits per heavy atom. The van der Waals surface area contributed by atoms with Gasteiger partial charge < -0.3 is 10.4 Å². The van der Waals surface area contributed by atoms with E-state index in [9.17, 15) is 4.79 Å². The lowest BCUT2D eigenvalue weighted by Crippen LogP contribution is -2.16. The van der Waals surface area contributed by atoms with Crippen LogP contribution in [0.25, 0.3) is 0 Å². The molecule has 0 saturated heterocycles. The molecule has 2 rings (SSSR count). The Morgan fingerprint density at radius 3 is 3.06 bits per heavy atom. The van der Waals surface area contributed by atoms with E-state index in [4.69, 9.17) is 5.11 Å². The van der Waals surface area contributed by atoms with E-state index in [2.05, 4.69) is 36.0 Å². The lowest BCUT2D eigenvalue weighted by molar-refractivity contribution is -0.117. The molecule has 1 saturated carbocycles. The highest BCUT2D eigenvalue weighted by Gasteiger charge is 2.50. The van der Waals surface area contributed by atoms with Crippen molar-refractivity contribution < 1.29 is 9.90 Å². The van der Waals surface area contributed by atoms with Crippen molar-refractivity contribution in [1.29, 1.82) is 0 Å². The Bertz CT molecular complexity index is 496. The van der Waals surface area contributed by atoms with Crippen molar-refractivity contribution >= 4 is 22.4 Å². The maximum Gasteiger partial charge on any atom is 0.229 e. The Morgan fingerprint density at radius 1 is 1.76 bits per heavy atom. The van der Waals surface area contributed by atoms with E-state index in [1.165, 1.54) is 11.3 Å². The van der Waals surface area contributed by atoms with Gasteiger partial charge in [0, 0.05) is 5.92 Å². The number of carbonyl (C=O) groups is 1. The van der Waals surface area contributed by atoms with Gasteiger partial charge in [-0.2, -0.15) is 0 Å². The molecule has 0 radical (unpaired) electrons. The summed E-state index contributed by atoms with van der Waals surface area (Å²) in [6.07, 6.45) is 2.53. The molecular weight excluding hydrogens is 236 g/mol. The fourth-order valence-electron chi connectivity index (χ4n) is 1.62. The summed E-state index contributed by atoms with van der Waals surface area (Å²) in [6.45, 7) is 3.99. The minimum atomic E-state index is -0.171. The Labute approximate surface area is 104 Å². The molecule has 0 bridgehead atoms. The summed E-state index contributed by atoms with van der Waals surface area (Å²) in [5, 5.41) is 11.9. The van der Waals surface area contributed by atoms with E-state index in [0.717, 1.165) is 11.3 Å². The number of rotatable bonds is 2. The Kier molecular flexibility index (Phi) is 3.18. The number of nitrogens with zero attached hydrogens (tertiary/aromatic N) is 1. The van der Waals surface area contributed by atoms with Gasteiger partial charge in [0.25, 0.3) is 0 Å². The van der Waals surface area contributed by atoms with Crippen LogP contribution in [0.4, 0.5) is 5.13 Å². The highest BCUT2D eigenvalue weighted by atomic mass is 32.1. The summed E-state index contributed by atoms with van der Waals surface area (Å²) in [4.78, 5) is 16.6. The van der Waals surface area contributed by atoms with E-state index in [0.29, 0.717) is 5.13 Å². The van der Waals surface area contributed by atoms with E-state index in [-0.39, 0.29) is 23.8 Å². The number of carbonyl (C=O) groups excluding carboxylic acids is 1. The van der Waals surface area contributed by atoms with E-state index in [1.54, 1.807) is 6.20 Å². The standard InChI is InChI=1S/C12H14N2O2S/c1-12(2)6-9(12)10(16)14-11-13-7-8(17-11)4-3-5-15/h7,9,15H,5-6H2,1-2H3,(H,13,14,16). The molecule has 1 aliphatic carbocycles. The van der Waals surface area contributed by atoms with Crippen molar-refractivity contribution in [1.82, 2.24) is 4.98 Å². The maximum atomic E-state index is 11.8. The lowest BCUT2D eigenvalue weighted by atomic mass is 10.1. The topological polar surface area (TPSA) is 62.2 Å². The van der Waals surface area contributed by atoms with Crippen LogP contribution >= 0.6 is 11.3 Å². The molecule has 0 aromatic carbocycles. The molecule has 17 heavy (non-hydrogen) atoms.